The molecule has 2 rings (SSSR count). The zero-order valence-corrected chi connectivity index (χ0v) is 16.0. The summed E-state index contributed by atoms with van der Waals surface area (Å²) < 4.78 is 10.9. The van der Waals surface area contributed by atoms with Gasteiger partial charge in [-0.25, -0.2) is 0 Å². The minimum Gasteiger partial charge on any atom is -0.497 e. The van der Waals surface area contributed by atoms with Crippen LogP contribution in [-0.4, -0.2) is 56.9 Å². The fourth-order valence-electron chi connectivity index (χ4n) is 3.16. The highest BCUT2D eigenvalue weighted by Crippen LogP contribution is 2.14. The van der Waals surface area contributed by atoms with Gasteiger partial charge < -0.3 is 19.7 Å². The van der Waals surface area contributed by atoms with Crippen molar-refractivity contribution in [1.29, 1.82) is 0 Å². The Hall–Kier alpha value is -1.75. The Morgan fingerprint density at radius 1 is 1.20 bits per heavy atom. The molecule has 1 aliphatic heterocycles. The third-order valence-corrected chi connectivity index (χ3v) is 4.52. The van der Waals surface area contributed by atoms with Gasteiger partial charge in [-0.3, -0.25) is 4.99 Å². The lowest BCUT2D eigenvalue weighted by Gasteiger charge is -2.34. The number of aryl methyl sites for hydroxylation is 1. The van der Waals surface area contributed by atoms with Crippen LogP contribution in [0.4, 0.5) is 0 Å². The van der Waals surface area contributed by atoms with Crippen molar-refractivity contribution >= 4 is 5.96 Å². The Kier molecular flexibility index (Phi) is 8.60. The molecule has 1 saturated heterocycles. The molecule has 25 heavy (non-hydrogen) atoms. The van der Waals surface area contributed by atoms with E-state index in [1.165, 1.54) is 5.56 Å². The maximum Gasteiger partial charge on any atom is 0.193 e. The first kappa shape index (κ1) is 19.6. The Bertz CT molecular complexity index is 508. The van der Waals surface area contributed by atoms with Crippen molar-refractivity contribution in [3.63, 3.8) is 0 Å². The lowest BCUT2D eigenvalue weighted by atomic mass is 10.1. The fourth-order valence-corrected chi connectivity index (χ4v) is 3.16. The quantitative estimate of drug-likeness (QED) is 0.446. The zero-order valence-electron chi connectivity index (χ0n) is 16.0. The Morgan fingerprint density at radius 2 is 1.92 bits per heavy atom. The summed E-state index contributed by atoms with van der Waals surface area (Å²) in [7, 11) is 1.70. The van der Waals surface area contributed by atoms with E-state index in [4.69, 9.17) is 14.5 Å². The minimum atomic E-state index is 0.416. The van der Waals surface area contributed by atoms with Crippen LogP contribution in [0.25, 0.3) is 0 Å². The summed E-state index contributed by atoms with van der Waals surface area (Å²) in [4.78, 5) is 7.19. The highest BCUT2D eigenvalue weighted by Gasteiger charge is 2.21. The number of hydrogen-bond donors (Lipinski definition) is 1. The molecule has 0 spiro atoms. The van der Waals surface area contributed by atoms with Gasteiger partial charge in [0.25, 0.3) is 0 Å². The van der Waals surface area contributed by atoms with E-state index in [2.05, 4.69) is 36.2 Å². The Balaban J connectivity index is 1.78. The summed E-state index contributed by atoms with van der Waals surface area (Å²) >= 11 is 0. The zero-order chi connectivity index (χ0) is 17.9. The maximum absolute atomic E-state index is 5.74. The number of benzene rings is 1. The summed E-state index contributed by atoms with van der Waals surface area (Å²) in [6, 6.07) is 8.30. The van der Waals surface area contributed by atoms with Crippen LogP contribution in [0.3, 0.4) is 0 Å². The lowest BCUT2D eigenvalue weighted by molar-refractivity contribution is 0.0264. The van der Waals surface area contributed by atoms with Gasteiger partial charge in [-0.05, 0) is 57.2 Å². The monoisotopic (exact) mass is 347 g/mol. The number of ether oxygens (including phenoxy) is 2. The molecule has 5 nitrogen and oxygen atoms in total. The SMILES string of the molecule is CCNC(=NCCCc1ccc(OC)cc1)N1CCC(OCC)CC1. The molecule has 0 saturated carbocycles. The van der Waals surface area contributed by atoms with Gasteiger partial charge in [0.2, 0.25) is 0 Å². The molecule has 0 amide bonds. The van der Waals surface area contributed by atoms with Crippen LogP contribution in [0, 0.1) is 0 Å². The Morgan fingerprint density at radius 3 is 2.52 bits per heavy atom. The van der Waals surface area contributed by atoms with E-state index in [9.17, 15) is 0 Å². The van der Waals surface area contributed by atoms with Crippen LogP contribution in [0.5, 0.6) is 5.75 Å². The minimum absolute atomic E-state index is 0.416. The fraction of sp³-hybridized carbons (Fsp3) is 0.650. The molecule has 0 radical (unpaired) electrons. The number of rotatable bonds is 8. The first-order valence-electron chi connectivity index (χ1n) is 9.54. The van der Waals surface area contributed by atoms with E-state index in [1.54, 1.807) is 7.11 Å². The normalized spacial score (nSPS) is 16.1. The number of likely N-dealkylation sites (tertiary alicyclic amines) is 1. The number of methoxy groups -OCH3 is 1. The van der Waals surface area contributed by atoms with Crippen molar-refractivity contribution in [1.82, 2.24) is 10.2 Å². The molecule has 0 bridgehead atoms. The third-order valence-electron chi connectivity index (χ3n) is 4.52. The number of aliphatic imine (C=N–C) groups is 1. The topological polar surface area (TPSA) is 46.1 Å². The average Bonchev–Trinajstić information content (AvgIpc) is 2.66. The number of guanidine groups is 1. The van der Waals surface area contributed by atoms with Crippen LogP contribution in [-0.2, 0) is 11.2 Å². The van der Waals surface area contributed by atoms with Gasteiger partial charge in [0.15, 0.2) is 5.96 Å². The van der Waals surface area contributed by atoms with Gasteiger partial charge in [0.05, 0.1) is 13.2 Å². The van der Waals surface area contributed by atoms with Gasteiger partial charge in [-0.1, -0.05) is 12.1 Å². The van der Waals surface area contributed by atoms with Crippen LogP contribution in [0.2, 0.25) is 0 Å². The van der Waals surface area contributed by atoms with Gasteiger partial charge >= 0.3 is 0 Å². The van der Waals surface area contributed by atoms with E-state index >= 15 is 0 Å². The summed E-state index contributed by atoms with van der Waals surface area (Å²) in [5, 5.41) is 3.43. The molecule has 5 heteroatoms. The van der Waals surface area contributed by atoms with E-state index in [1.807, 2.05) is 12.1 Å². The molecule has 1 aliphatic rings. The summed E-state index contributed by atoms with van der Waals surface area (Å²) in [5.41, 5.74) is 1.33. The number of nitrogens with zero attached hydrogens (tertiary/aromatic N) is 2. The molecule has 0 unspecified atom stereocenters. The van der Waals surface area contributed by atoms with Gasteiger partial charge in [-0.15, -0.1) is 0 Å². The van der Waals surface area contributed by atoms with Crippen molar-refractivity contribution in [3.8, 4) is 5.75 Å². The van der Waals surface area contributed by atoms with Crippen molar-refractivity contribution in [2.75, 3.05) is 39.9 Å². The standard InChI is InChI=1S/C20H33N3O2/c1-4-21-20(23-15-12-19(13-16-23)25-5-2)22-14-6-7-17-8-10-18(24-3)11-9-17/h8-11,19H,4-7,12-16H2,1-3H3,(H,21,22). The second kappa shape index (κ2) is 11.0. The molecule has 140 valence electrons. The molecule has 0 aliphatic carbocycles. The van der Waals surface area contributed by atoms with Crippen LogP contribution in [0.1, 0.15) is 38.7 Å². The third kappa shape index (κ3) is 6.58. The first-order valence-corrected chi connectivity index (χ1v) is 9.54. The van der Waals surface area contributed by atoms with Gasteiger partial charge in [-0.2, -0.15) is 0 Å². The highest BCUT2D eigenvalue weighted by molar-refractivity contribution is 5.80. The van der Waals surface area contributed by atoms with E-state index in [0.29, 0.717) is 6.10 Å². The van der Waals surface area contributed by atoms with Crippen molar-refractivity contribution in [3.05, 3.63) is 29.8 Å². The lowest BCUT2D eigenvalue weighted by Crippen LogP contribution is -2.47. The van der Waals surface area contributed by atoms with Crippen molar-refractivity contribution < 1.29 is 9.47 Å². The molecule has 0 aromatic heterocycles. The van der Waals surface area contributed by atoms with E-state index in [-0.39, 0.29) is 0 Å². The van der Waals surface area contributed by atoms with Crippen molar-refractivity contribution in [2.45, 2.75) is 45.6 Å². The van der Waals surface area contributed by atoms with Crippen LogP contribution >= 0.6 is 0 Å². The summed E-state index contributed by atoms with van der Waals surface area (Å²) in [6.45, 7) is 8.80. The average molecular weight is 348 g/mol. The van der Waals surface area contributed by atoms with Crippen LogP contribution < -0.4 is 10.1 Å². The summed E-state index contributed by atoms with van der Waals surface area (Å²) in [5.74, 6) is 1.96. The predicted octanol–water partition coefficient (Wildman–Crippen LogP) is 3.09. The molecule has 1 aromatic rings. The molecular weight excluding hydrogens is 314 g/mol. The molecule has 1 fully saturated rings. The Labute approximate surface area is 152 Å². The second-order valence-electron chi connectivity index (χ2n) is 6.33. The highest BCUT2D eigenvalue weighted by atomic mass is 16.5. The second-order valence-corrected chi connectivity index (χ2v) is 6.33. The molecule has 1 aromatic carbocycles. The molecule has 0 atom stereocenters. The van der Waals surface area contributed by atoms with E-state index < -0.39 is 0 Å². The number of piperidine rings is 1. The molecule has 1 heterocycles. The van der Waals surface area contributed by atoms with Gasteiger partial charge in [0.1, 0.15) is 5.75 Å². The van der Waals surface area contributed by atoms with Gasteiger partial charge in [0, 0.05) is 32.8 Å². The molecular formula is C20H33N3O2. The molecule has 1 N–H and O–H groups in total. The smallest absolute Gasteiger partial charge is 0.193 e. The largest absolute Gasteiger partial charge is 0.497 e. The predicted molar refractivity (Wildman–Crippen MR) is 104 cm³/mol. The number of hydrogen-bond acceptors (Lipinski definition) is 3. The number of nitrogens with one attached hydrogen (secondary N) is 1. The van der Waals surface area contributed by atoms with Crippen LogP contribution in [0.15, 0.2) is 29.3 Å². The first-order chi connectivity index (χ1) is 12.3. The van der Waals surface area contributed by atoms with E-state index in [0.717, 1.165) is 70.2 Å². The summed E-state index contributed by atoms with van der Waals surface area (Å²) in [6.07, 6.45) is 4.68. The van der Waals surface area contributed by atoms with Crippen molar-refractivity contribution in [2.24, 2.45) is 4.99 Å². The maximum atomic E-state index is 5.74.